The van der Waals surface area contributed by atoms with Gasteiger partial charge >= 0.3 is 12.1 Å². The first-order valence-corrected chi connectivity index (χ1v) is 14.1. The Balaban J connectivity index is 1.25. The number of carbonyl (C=O) groups excluding carboxylic acids is 4. The number of aryl methyl sites for hydroxylation is 1. The number of amides is 4. The second-order valence-corrected chi connectivity index (χ2v) is 10.9. The van der Waals surface area contributed by atoms with E-state index in [1.807, 2.05) is 0 Å². The van der Waals surface area contributed by atoms with Crippen LogP contribution >= 0.6 is 0 Å². The summed E-state index contributed by atoms with van der Waals surface area (Å²) in [4.78, 5) is 56.5. The van der Waals surface area contributed by atoms with E-state index in [0.29, 0.717) is 27.8 Å². The van der Waals surface area contributed by atoms with Gasteiger partial charge < -0.3 is 25.5 Å². The maximum Gasteiger partial charge on any atom is 0.471 e. The van der Waals surface area contributed by atoms with Gasteiger partial charge in [0.2, 0.25) is 11.8 Å². The number of nitrogens with zero attached hydrogens (tertiary/aromatic N) is 3. The molecule has 0 radical (unpaired) electrons. The van der Waals surface area contributed by atoms with E-state index < -0.39 is 67.0 Å². The number of halogens is 5. The number of phenolic OH excluding ortho intramolecular Hbond substituents is 1. The summed E-state index contributed by atoms with van der Waals surface area (Å²) >= 11 is 0. The number of carbonyl (C=O) groups is 4. The van der Waals surface area contributed by atoms with Crippen molar-refractivity contribution in [2.75, 3.05) is 24.5 Å². The van der Waals surface area contributed by atoms with Gasteiger partial charge in [-0.15, -0.1) is 0 Å². The molecule has 238 valence electrons. The summed E-state index contributed by atoms with van der Waals surface area (Å²) < 4.78 is 67.5. The number of fused-ring (bicyclic) bond motifs is 2. The van der Waals surface area contributed by atoms with Crippen LogP contribution in [0.15, 0.2) is 42.5 Å². The molecule has 45 heavy (non-hydrogen) atoms. The number of phenols is 1. The molecule has 0 unspecified atom stereocenters. The van der Waals surface area contributed by atoms with Gasteiger partial charge in [0.15, 0.2) is 0 Å². The fraction of sp³-hybridized carbons (Fsp3) is 0.367. The molecule has 2 aliphatic rings. The summed E-state index contributed by atoms with van der Waals surface area (Å²) in [5, 5.41) is 16.0. The predicted octanol–water partition coefficient (Wildman–Crippen LogP) is 3.47. The molecule has 1 saturated heterocycles. The van der Waals surface area contributed by atoms with E-state index in [-0.39, 0.29) is 42.1 Å². The van der Waals surface area contributed by atoms with Gasteiger partial charge in [0.05, 0.1) is 24.6 Å². The number of likely N-dealkylation sites (tertiary alicyclic amines) is 1. The Labute approximate surface area is 253 Å². The second-order valence-electron chi connectivity index (χ2n) is 10.9. The Morgan fingerprint density at radius 3 is 2.60 bits per heavy atom. The van der Waals surface area contributed by atoms with E-state index in [0.717, 1.165) is 4.90 Å². The maximum atomic E-state index is 14.4. The standard InChI is InChI=1S/C30H28F5N5O5/c1-15(20-12-23-17(10-25(20)41)3-2-8-39(23)29(45)30(33,34)35)37-28(44)24-11-19(32)14-40(24)26(42)13-36-27(43)22-6-4-16-9-18(31)5-7-21(16)38-22/h4-7,9-10,12,15,19,24,41H,2-3,8,11,13-14H2,1H3,(H,36,43)(H,37,44)/t15-,19+,24-/m0/s1. The molecule has 0 aliphatic carbocycles. The van der Waals surface area contributed by atoms with Crippen LogP contribution in [0, 0.1) is 5.82 Å². The summed E-state index contributed by atoms with van der Waals surface area (Å²) in [5.74, 6) is -5.10. The quantitative estimate of drug-likeness (QED) is 0.357. The van der Waals surface area contributed by atoms with Crippen molar-refractivity contribution in [3.63, 3.8) is 0 Å². The minimum Gasteiger partial charge on any atom is -0.508 e. The zero-order valence-corrected chi connectivity index (χ0v) is 23.8. The molecule has 1 fully saturated rings. The first kappa shape index (κ1) is 31.6. The third-order valence-corrected chi connectivity index (χ3v) is 7.82. The van der Waals surface area contributed by atoms with Crippen LogP contribution in [0.25, 0.3) is 10.9 Å². The number of aromatic hydroxyl groups is 1. The summed E-state index contributed by atoms with van der Waals surface area (Å²) in [7, 11) is 0. The first-order valence-electron chi connectivity index (χ1n) is 14.1. The fourth-order valence-corrected chi connectivity index (χ4v) is 5.61. The Morgan fingerprint density at radius 2 is 1.87 bits per heavy atom. The molecule has 5 rings (SSSR count). The SMILES string of the molecule is C[C@H](NC(=O)[C@@H]1C[C@@H](F)CN1C(=O)CNC(=O)c1ccc2cc(F)ccc2n1)c1cc2c(cc1O)CCCN2C(=O)C(F)(F)F. The van der Waals surface area contributed by atoms with Crippen molar-refractivity contribution in [1.82, 2.24) is 20.5 Å². The van der Waals surface area contributed by atoms with E-state index in [1.54, 1.807) is 0 Å². The van der Waals surface area contributed by atoms with Gasteiger partial charge in [-0.1, -0.05) is 6.07 Å². The molecule has 3 heterocycles. The number of alkyl halides is 4. The van der Waals surface area contributed by atoms with Crippen LogP contribution in [0.2, 0.25) is 0 Å². The van der Waals surface area contributed by atoms with Crippen LogP contribution in [0.1, 0.15) is 47.4 Å². The van der Waals surface area contributed by atoms with Gasteiger partial charge in [0, 0.05) is 29.6 Å². The third-order valence-electron chi connectivity index (χ3n) is 7.82. The van der Waals surface area contributed by atoms with Gasteiger partial charge in [0.1, 0.15) is 29.5 Å². The van der Waals surface area contributed by atoms with E-state index in [4.69, 9.17) is 0 Å². The van der Waals surface area contributed by atoms with Gasteiger partial charge in [-0.3, -0.25) is 19.2 Å². The topological polar surface area (TPSA) is 132 Å². The van der Waals surface area contributed by atoms with Crippen LogP contribution in [-0.2, 0) is 20.8 Å². The Bertz CT molecular complexity index is 1680. The van der Waals surface area contributed by atoms with Crippen LogP contribution in [0.5, 0.6) is 5.75 Å². The number of nitrogens with one attached hydrogen (secondary N) is 2. The number of pyridine rings is 1. The molecule has 2 aliphatic heterocycles. The zero-order valence-electron chi connectivity index (χ0n) is 23.8. The Hall–Kier alpha value is -4.82. The molecule has 3 aromatic rings. The van der Waals surface area contributed by atoms with Crippen molar-refractivity contribution in [3.8, 4) is 5.75 Å². The van der Waals surface area contributed by atoms with Crippen LogP contribution in [0.3, 0.4) is 0 Å². The maximum absolute atomic E-state index is 14.4. The van der Waals surface area contributed by atoms with E-state index in [9.17, 15) is 46.2 Å². The van der Waals surface area contributed by atoms with E-state index >= 15 is 0 Å². The predicted molar refractivity (Wildman–Crippen MR) is 150 cm³/mol. The number of aromatic nitrogens is 1. The van der Waals surface area contributed by atoms with Crippen molar-refractivity contribution in [2.45, 2.75) is 50.6 Å². The molecule has 3 N–H and O–H groups in total. The molecule has 0 bridgehead atoms. The highest BCUT2D eigenvalue weighted by molar-refractivity contribution is 5.99. The molecule has 4 amide bonds. The average molecular weight is 634 g/mol. The Kier molecular flexibility index (Phi) is 8.63. The van der Waals surface area contributed by atoms with E-state index in [1.165, 1.54) is 49.4 Å². The lowest BCUT2D eigenvalue weighted by atomic mass is 9.96. The first-order chi connectivity index (χ1) is 21.2. The second kappa shape index (κ2) is 12.3. The Morgan fingerprint density at radius 1 is 1.11 bits per heavy atom. The molecule has 3 atom stereocenters. The molecule has 0 spiro atoms. The molecule has 0 saturated carbocycles. The third kappa shape index (κ3) is 6.66. The van der Waals surface area contributed by atoms with Crippen molar-refractivity contribution >= 4 is 40.2 Å². The minimum absolute atomic E-state index is 0.0227. The van der Waals surface area contributed by atoms with Gasteiger partial charge in [0.25, 0.3) is 5.91 Å². The lowest BCUT2D eigenvalue weighted by Crippen LogP contribution is -2.49. The molecule has 15 heteroatoms. The van der Waals surface area contributed by atoms with E-state index in [2.05, 4.69) is 15.6 Å². The van der Waals surface area contributed by atoms with Gasteiger partial charge in [-0.05, 0) is 61.7 Å². The summed E-state index contributed by atoms with van der Waals surface area (Å²) in [5.41, 5.74) is 0.624. The van der Waals surface area contributed by atoms with Crippen molar-refractivity contribution in [2.24, 2.45) is 0 Å². The highest BCUT2D eigenvalue weighted by Gasteiger charge is 2.44. The highest BCUT2D eigenvalue weighted by atomic mass is 19.4. The number of hydrogen-bond donors (Lipinski definition) is 3. The molecule has 2 aromatic carbocycles. The van der Waals surface area contributed by atoms with Crippen molar-refractivity contribution in [3.05, 3.63) is 65.1 Å². The zero-order chi connectivity index (χ0) is 32.6. The molecular weight excluding hydrogens is 605 g/mol. The number of hydrogen-bond acceptors (Lipinski definition) is 6. The lowest BCUT2D eigenvalue weighted by Gasteiger charge is -2.31. The van der Waals surface area contributed by atoms with Crippen molar-refractivity contribution in [1.29, 1.82) is 0 Å². The largest absolute Gasteiger partial charge is 0.508 e. The van der Waals surface area contributed by atoms with Crippen LogP contribution in [0.4, 0.5) is 27.6 Å². The molecular formula is C30H28F5N5O5. The highest BCUT2D eigenvalue weighted by Crippen LogP contribution is 2.37. The average Bonchev–Trinajstić information content (AvgIpc) is 3.39. The van der Waals surface area contributed by atoms with Gasteiger partial charge in [-0.25, -0.2) is 13.8 Å². The molecule has 1 aromatic heterocycles. The van der Waals surface area contributed by atoms with Crippen LogP contribution in [-0.4, -0.2) is 76.6 Å². The number of anilines is 1. The number of benzene rings is 2. The summed E-state index contributed by atoms with van der Waals surface area (Å²) in [6.07, 6.45) is -6.41. The minimum atomic E-state index is -5.11. The normalized spacial score (nSPS) is 18.8. The van der Waals surface area contributed by atoms with Gasteiger partial charge in [-0.2, -0.15) is 13.2 Å². The smallest absolute Gasteiger partial charge is 0.471 e. The number of rotatable bonds is 6. The summed E-state index contributed by atoms with van der Waals surface area (Å²) in [6.45, 7) is 0.264. The molecule has 10 nitrogen and oxygen atoms in total. The lowest BCUT2D eigenvalue weighted by molar-refractivity contribution is -0.170. The van der Waals surface area contributed by atoms with Crippen LogP contribution < -0.4 is 15.5 Å². The fourth-order valence-electron chi connectivity index (χ4n) is 5.61. The monoisotopic (exact) mass is 633 g/mol. The summed E-state index contributed by atoms with van der Waals surface area (Å²) in [6, 6.07) is 6.84. The van der Waals surface area contributed by atoms with Crippen molar-refractivity contribution < 1.29 is 46.2 Å².